The lowest BCUT2D eigenvalue weighted by Gasteiger charge is -2.63. The molecule has 0 aromatic carbocycles. The van der Waals surface area contributed by atoms with Crippen LogP contribution in [0.3, 0.4) is 0 Å². The number of hydrogen-bond donors (Lipinski definition) is 2. The standard InChI is InChI=1S/C32H48N2O7/c1-20(35)41-26-18-32(38)25-7-6-22-17-23(33-29(37)39-15-14-34-12-4-5-13-34)8-10-30(22,2)24(25)9-11-31(32,3)28(26)21-16-27(36)40-19-21/h16,22-26,28,38H,4-15,17-19H2,1-3H3,(H,33,37). The van der Waals surface area contributed by atoms with E-state index in [1.54, 1.807) is 6.08 Å². The van der Waals surface area contributed by atoms with Crippen LogP contribution in [0.2, 0.25) is 0 Å². The number of aliphatic hydroxyl groups is 1. The number of ether oxygens (including phenoxy) is 3. The largest absolute Gasteiger partial charge is 0.462 e. The lowest BCUT2D eigenvalue weighted by molar-refractivity contribution is -0.204. The monoisotopic (exact) mass is 572 g/mol. The molecule has 6 rings (SSSR count). The van der Waals surface area contributed by atoms with Crippen molar-refractivity contribution in [2.75, 3.05) is 32.8 Å². The number of nitrogens with one attached hydrogen (secondary N) is 1. The molecule has 9 atom stereocenters. The summed E-state index contributed by atoms with van der Waals surface area (Å²) in [4.78, 5) is 39.0. The van der Waals surface area contributed by atoms with Crippen molar-refractivity contribution in [1.29, 1.82) is 0 Å². The first kappa shape index (κ1) is 29.0. The quantitative estimate of drug-likeness (QED) is 0.363. The lowest BCUT2D eigenvalue weighted by Crippen LogP contribution is -2.62. The van der Waals surface area contributed by atoms with Crippen LogP contribution in [-0.2, 0) is 23.8 Å². The van der Waals surface area contributed by atoms with Gasteiger partial charge in [-0.1, -0.05) is 13.8 Å². The molecule has 5 fully saturated rings. The van der Waals surface area contributed by atoms with Gasteiger partial charge in [0.2, 0.25) is 0 Å². The number of carbonyl (C=O) groups excluding carboxylic acids is 3. The Labute approximate surface area is 243 Å². The van der Waals surface area contributed by atoms with Gasteiger partial charge in [0.15, 0.2) is 0 Å². The second-order valence-corrected chi connectivity index (χ2v) is 14.3. The number of nitrogens with zero attached hydrogens (tertiary/aromatic N) is 1. The third-order valence-electron chi connectivity index (χ3n) is 12.4. The van der Waals surface area contributed by atoms with Gasteiger partial charge in [-0.25, -0.2) is 9.59 Å². The molecule has 1 saturated heterocycles. The van der Waals surface area contributed by atoms with Crippen LogP contribution in [0.1, 0.15) is 85.0 Å². The van der Waals surface area contributed by atoms with Crippen LogP contribution in [0, 0.1) is 34.5 Å². The summed E-state index contributed by atoms with van der Waals surface area (Å²) in [6.07, 6.45) is 10.2. The fraction of sp³-hybridized carbons (Fsp3) is 0.844. The lowest BCUT2D eigenvalue weighted by atomic mass is 9.43. The Balaban J connectivity index is 1.13. The Hall–Kier alpha value is -2.13. The molecule has 6 aliphatic rings. The van der Waals surface area contributed by atoms with Crippen molar-refractivity contribution in [2.24, 2.45) is 34.5 Å². The van der Waals surface area contributed by atoms with Gasteiger partial charge in [-0.15, -0.1) is 0 Å². The van der Waals surface area contributed by atoms with Gasteiger partial charge in [-0.2, -0.15) is 0 Å². The third kappa shape index (κ3) is 4.98. The minimum Gasteiger partial charge on any atom is -0.462 e. The number of hydrogen-bond acceptors (Lipinski definition) is 8. The predicted molar refractivity (Wildman–Crippen MR) is 151 cm³/mol. The molecule has 0 bridgehead atoms. The van der Waals surface area contributed by atoms with Crippen molar-refractivity contribution in [1.82, 2.24) is 10.2 Å². The van der Waals surface area contributed by atoms with Gasteiger partial charge in [0.1, 0.15) is 19.3 Å². The van der Waals surface area contributed by atoms with E-state index < -0.39 is 17.1 Å². The van der Waals surface area contributed by atoms with E-state index in [-0.39, 0.29) is 47.9 Å². The smallest absolute Gasteiger partial charge is 0.407 e. The second kappa shape index (κ2) is 10.9. The summed E-state index contributed by atoms with van der Waals surface area (Å²) in [5.41, 5.74) is -0.570. The average Bonchev–Trinajstić information content (AvgIpc) is 3.62. The first-order valence-corrected chi connectivity index (χ1v) is 16.0. The van der Waals surface area contributed by atoms with Gasteiger partial charge in [-0.05, 0) is 99.6 Å². The maximum absolute atomic E-state index is 12.7. The van der Waals surface area contributed by atoms with Crippen LogP contribution < -0.4 is 5.32 Å². The molecule has 2 heterocycles. The molecule has 1 amide bonds. The first-order valence-electron chi connectivity index (χ1n) is 16.0. The van der Waals surface area contributed by atoms with Crippen LogP contribution in [0.5, 0.6) is 0 Å². The number of amides is 1. The molecule has 4 aliphatic carbocycles. The SMILES string of the molecule is CC(=O)OC1CC2(O)C3CCC4CC(NC(=O)OCCN5CCCC5)CCC4(C)C3CCC2(C)C1C1=CC(=O)OC1. The summed E-state index contributed by atoms with van der Waals surface area (Å²) in [6.45, 7) is 9.62. The Morgan fingerprint density at radius 2 is 1.90 bits per heavy atom. The molecule has 0 spiro atoms. The van der Waals surface area contributed by atoms with Crippen molar-refractivity contribution < 1.29 is 33.7 Å². The highest BCUT2D eigenvalue weighted by Gasteiger charge is 2.71. The van der Waals surface area contributed by atoms with Crippen LogP contribution in [0.4, 0.5) is 4.79 Å². The Morgan fingerprint density at radius 1 is 1.12 bits per heavy atom. The zero-order chi connectivity index (χ0) is 29.0. The summed E-state index contributed by atoms with van der Waals surface area (Å²) in [5, 5.41) is 15.8. The van der Waals surface area contributed by atoms with Crippen LogP contribution in [0.25, 0.3) is 0 Å². The van der Waals surface area contributed by atoms with E-state index in [4.69, 9.17) is 14.2 Å². The number of alkyl carbamates (subject to hydrolysis) is 1. The fourth-order valence-corrected chi connectivity index (χ4v) is 10.4. The van der Waals surface area contributed by atoms with Crippen LogP contribution >= 0.6 is 0 Å². The maximum Gasteiger partial charge on any atom is 0.407 e. The second-order valence-electron chi connectivity index (χ2n) is 14.3. The Morgan fingerprint density at radius 3 is 2.61 bits per heavy atom. The number of esters is 2. The number of rotatable bonds is 6. The molecule has 0 aromatic heterocycles. The molecular formula is C32H48N2O7. The van der Waals surface area contributed by atoms with Crippen LogP contribution in [0.15, 0.2) is 11.6 Å². The van der Waals surface area contributed by atoms with E-state index in [9.17, 15) is 19.5 Å². The zero-order valence-electron chi connectivity index (χ0n) is 25.0. The minimum atomic E-state index is -0.991. The normalized spacial score (nSPS) is 43.8. The van der Waals surface area contributed by atoms with Gasteiger partial charge in [0.25, 0.3) is 0 Å². The molecule has 2 N–H and O–H groups in total. The highest BCUT2D eigenvalue weighted by Crippen LogP contribution is 2.70. The average molecular weight is 573 g/mol. The number of likely N-dealkylation sites (tertiary alicyclic amines) is 1. The van der Waals surface area contributed by atoms with Gasteiger partial charge in [-0.3, -0.25) is 9.69 Å². The molecule has 9 heteroatoms. The molecule has 0 radical (unpaired) electrons. The molecule has 9 unspecified atom stereocenters. The topological polar surface area (TPSA) is 114 Å². The molecule has 228 valence electrons. The van der Waals surface area contributed by atoms with Crippen molar-refractivity contribution in [3.63, 3.8) is 0 Å². The summed E-state index contributed by atoms with van der Waals surface area (Å²) in [7, 11) is 0. The van der Waals surface area contributed by atoms with Crippen molar-refractivity contribution in [3.05, 3.63) is 11.6 Å². The van der Waals surface area contributed by atoms with Crippen molar-refractivity contribution in [3.8, 4) is 0 Å². The van der Waals surface area contributed by atoms with Gasteiger partial charge in [0, 0.05) is 43.3 Å². The van der Waals surface area contributed by atoms with Crippen molar-refractivity contribution >= 4 is 18.0 Å². The van der Waals surface area contributed by atoms with E-state index in [2.05, 4.69) is 24.1 Å². The fourth-order valence-electron chi connectivity index (χ4n) is 10.4. The first-order chi connectivity index (χ1) is 19.5. The summed E-state index contributed by atoms with van der Waals surface area (Å²) in [6, 6.07) is 0.122. The zero-order valence-corrected chi connectivity index (χ0v) is 25.0. The van der Waals surface area contributed by atoms with E-state index in [1.165, 1.54) is 19.8 Å². The highest BCUT2D eigenvalue weighted by molar-refractivity contribution is 5.85. The number of fused-ring (bicyclic) bond motifs is 5. The minimum absolute atomic E-state index is 0.0819. The summed E-state index contributed by atoms with van der Waals surface area (Å²) < 4.78 is 16.6. The molecule has 4 saturated carbocycles. The van der Waals surface area contributed by atoms with E-state index in [0.29, 0.717) is 24.9 Å². The van der Waals surface area contributed by atoms with Gasteiger partial charge >= 0.3 is 18.0 Å². The van der Waals surface area contributed by atoms with Crippen LogP contribution in [-0.4, -0.2) is 78.6 Å². The number of cyclic esters (lactones) is 1. The van der Waals surface area contributed by atoms with Crippen molar-refractivity contribution in [2.45, 2.75) is 103 Å². The third-order valence-corrected chi connectivity index (χ3v) is 12.4. The summed E-state index contributed by atoms with van der Waals surface area (Å²) >= 11 is 0. The maximum atomic E-state index is 12.7. The molecule has 41 heavy (non-hydrogen) atoms. The van der Waals surface area contributed by atoms with E-state index in [1.807, 2.05) is 0 Å². The Kier molecular flexibility index (Phi) is 7.67. The molecule has 2 aliphatic heterocycles. The predicted octanol–water partition coefficient (Wildman–Crippen LogP) is 3.98. The van der Waals surface area contributed by atoms with Gasteiger partial charge in [0.05, 0.1) is 5.60 Å². The number of carbonyl (C=O) groups is 3. The van der Waals surface area contributed by atoms with Gasteiger partial charge < -0.3 is 24.6 Å². The molecule has 9 nitrogen and oxygen atoms in total. The van der Waals surface area contributed by atoms with E-state index >= 15 is 0 Å². The summed E-state index contributed by atoms with van der Waals surface area (Å²) in [5.74, 6) is -0.00676. The van der Waals surface area contributed by atoms with E-state index in [0.717, 1.165) is 70.2 Å². The molecular weight excluding hydrogens is 524 g/mol. The Bertz CT molecular complexity index is 1090. The molecule has 0 aromatic rings. The highest BCUT2D eigenvalue weighted by atomic mass is 16.6.